The van der Waals surface area contributed by atoms with E-state index in [4.69, 9.17) is 15.2 Å². The molecule has 0 radical (unpaired) electrons. The van der Waals surface area contributed by atoms with Crippen LogP contribution in [0.3, 0.4) is 0 Å². The van der Waals surface area contributed by atoms with E-state index in [9.17, 15) is 9.59 Å². The van der Waals surface area contributed by atoms with E-state index >= 15 is 0 Å². The predicted octanol–water partition coefficient (Wildman–Crippen LogP) is -0.558. The molecular weight excluding hydrogens is 322 g/mol. The lowest BCUT2D eigenvalue weighted by atomic mass is 9.96. The van der Waals surface area contributed by atoms with E-state index in [0.717, 1.165) is 31.5 Å². The maximum atomic E-state index is 12.5. The fourth-order valence-corrected chi connectivity index (χ4v) is 3.18. The lowest BCUT2D eigenvalue weighted by Crippen LogP contribution is -3.14. The van der Waals surface area contributed by atoms with Gasteiger partial charge in [0.2, 0.25) is 5.91 Å². The van der Waals surface area contributed by atoms with Crippen molar-refractivity contribution in [1.82, 2.24) is 4.90 Å². The summed E-state index contributed by atoms with van der Waals surface area (Å²) in [4.78, 5) is 26.6. The maximum Gasteiger partial charge on any atom is 0.277 e. The second kappa shape index (κ2) is 8.71. The number of carbonyl (C=O) groups is 2. The Bertz CT molecular complexity index is 612. The second-order valence-corrected chi connectivity index (χ2v) is 6.54. The Labute approximate surface area is 148 Å². The van der Waals surface area contributed by atoms with Crippen molar-refractivity contribution in [3.8, 4) is 11.5 Å². The van der Waals surface area contributed by atoms with Crippen LogP contribution in [0.1, 0.15) is 18.4 Å². The molecule has 0 saturated carbocycles. The summed E-state index contributed by atoms with van der Waals surface area (Å²) in [5.74, 6) is 1.14. The Hall–Kier alpha value is -2.28. The van der Waals surface area contributed by atoms with E-state index < -0.39 is 0 Å². The molecule has 0 atom stereocenters. The summed E-state index contributed by atoms with van der Waals surface area (Å²) in [6, 6.07) is 5.65. The summed E-state index contributed by atoms with van der Waals surface area (Å²) in [6.07, 6.45) is 1.52. The minimum Gasteiger partial charge on any atom is -0.493 e. The number of methoxy groups -OCH3 is 2. The molecule has 2 amide bonds. The smallest absolute Gasteiger partial charge is 0.277 e. The van der Waals surface area contributed by atoms with Gasteiger partial charge in [-0.3, -0.25) is 9.59 Å². The van der Waals surface area contributed by atoms with E-state index in [-0.39, 0.29) is 17.7 Å². The number of carbonyl (C=O) groups excluding carboxylic acids is 2. The van der Waals surface area contributed by atoms with Crippen molar-refractivity contribution in [2.24, 2.45) is 11.7 Å². The van der Waals surface area contributed by atoms with Crippen LogP contribution in [-0.4, -0.2) is 57.6 Å². The Kier molecular flexibility index (Phi) is 6.64. The third-order valence-corrected chi connectivity index (χ3v) is 4.79. The quantitative estimate of drug-likeness (QED) is 0.690. The van der Waals surface area contributed by atoms with Gasteiger partial charge < -0.3 is 25.0 Å². The van der Waals surface area contributed by atoms with E-state index in [0.29, 0.717) is 24.6 Å². The Morgan fingerprint density at radius 1 is 1.20 bits per heavy atom. The first-order chi connectivity index (χ1) is 11.9. The van der Waals surface area contributed by atoms with Crippen molar-refractivity contribution < 1.29 is 24.0 Å². The molecule has 0 unspecified atom stereocenters. The van der Waals surface area contributed by atoms with Crippen LogP contribution in [0, 0.1) is 5.92 Å². The number of hydrogen-bond donors (Lipinski definition) is 2. The Morgan fingerprint density at radius 2 is 1.84 bits per heavy atom. The molecule has 1 aromatic rings. The van der Waals surface area contributed by atoms with Crippen LogP contribution in [0.15, 0.2) is 18.2 Å². The number of quaternary nitrogens is 1. The van der Waals surface area contributed by atoms with Crippen LogP contribution in [0.25, 0.3) is 0 Å². The second-order valence-electron chi connectivity index (χ2n) is 6.54. The van der Waals surface area contributed by atoms with Crippen molar-refractivity contribution in [2.45, 2.75) is 19.4 Å². The lowest BCUT2D eigenvalue weighted by Gasteiger charge is -2.28. The van der Waals surface area contributed by atoms with Gasteiger partial charge in [-0.25, -0.2) is 0 Å². The van der Waals surface area contributed by atoms with Gasteiger partial charge in [0.1, 0.15) is 0 Å². The number of nitrogens with two attached hydrogens (primary N) is 1. The molecule has 7 nitrogen and oxygen atoms in total. The van der Waals surface area contributed by atoms with Gasteiger partial charge in [0, 0.05) is 32.4 Å². The number of primary amides is 1. The fourth-order valence-electron chi connectivity index (χ4n) is 3.18. The van der Waals surface area contributed by atoms with Gasteiger partial charge in [0.25, 0.3) is 5.91 Å². The predicted molar refractivity (Wildman–Crippen MR) is 93.5 cm³/mol. The van der Waals surface area contributed by atoms with Crippen LogP contribution < -0.4 is 20.1 Å². The molecule has 7 heteroatoms. The van der Waals surface area contributed by atoms with E-state index in [1.54, 1.807) is 26.2 Å². The highest BCUT2D eigenvalue weighted by Crippen LogP contribution is 2.27. The molecule has 138 valence electrons. The summed E-state index contributed by atoms with van der Waals surface area (Å²) in [5, 5.41) is 0. The zero-order valence-corrected chi connectivity index (χ0v) is 15.2. The minimum atomic E-state index is -0.226. The molecule has 0 aliphatic carbocycles. The number of ether oxygens (including phenoxy) is 2. The monoisotopic (exact) mass is 350 g/mol. The topological polar surface area (TPSA) is 86.3 Å². The maximum absolute atomic E-state index is 12.5. The van der Waals surface area contributed by atoms with Crippen LogP contribution in [-0.2, 0) is 16.1 Å². The van der Waals surface area contributed by atoms with Gasteiger partial charge in [-0.15, -0.1) is 0 Å². The standard InChI is InChI=1S/C18H27N3O4/c1-20(11-13-4-5-15(24-2)16(10-13)25-3)17(22)12-21-8-6-14(7-9-21)18(19)23/h4-5,10,14H,6-9,11-12H2,1-3H3,(H2,19,23)/p+1. The number of rotatable bonds is 7. The highest BCUT2D eigenvalue weighted by atomic mass is 16.5. The van der Waals surface area contributed by atoms with Gasteiger partial charge in [-0.2, -0.15) is 0 Å². The average Bonchev–Trinajstić information content (AvgIpc) is 2.61. The molecule has 0 bridgehead atoms. The molecule has 25 heavy (non-hydrogen) atoms. The third-order valence-electron chi connectivity index (χ3n) is 4.79. The number of benzene rings is 1. The first-order valence-electron chi connectivity index (χ1n) is 8.52. The highest BCUT2D eigenvalue weighted by Gasteiger charge is 2.27. The van der Waals surface area contributed by atoms with Crippen molar-refractivity contribution in [1.29, 1.82) is 0 Å². The number of amides is 2. The fraction of sp³-hybridized carbons (Fsp3) is 0.556. The van der Waals surface area contributed by atoms with E-state index in [2.05, 4.69) is 0 Å². The van der Waals surface area contributed by atoms with E-state index in [1.807, 2.05) is 18.2 Å². The number of piperidine rings is 1. The molecule has 1 fully saturated rings. The summed E-state index contributed by atoms with van der Waals surface area (Å²) < 4.78 is 10.5. The van der Waals surface area contributed by atoms with Gasteiger partial charge in [0.15, 0.2) is 18.0 Å². The van der Waals surface area contributed by atoms with Crippen LogP contribution >= 0.6 is 0 Å². The van der Waals surface area contributed by atoms with Crippen molar-refractivity contribution in [2.75, 3.05) is 40.9 Å². The molecule has 0 aromatic heterocycles. The zero-order chi connectivity index (χ0) is 18.4. The molecule has 1 aliphatic rings. The Balaban J connectivity index is 1.87. The summed E-state index contributed by atoms with van der Waals surface area (Å²) in [6.45, 7) is 2.57. The van der Waals surface area contributed by atoms with Gasteiger partial charge >= 0.3 is 0 Å². The van der Waals surface area contributed by atoms with Gasteiger partial charge in [-0.1, -0.05) is 6.07 Å². The summed E-state index contributed by atoms with van der Waals surface area (Å²) in [7, 11) is 4.99. The number of hydrogen-bond acceptors (Lipinski definition) is 4. The largest absolute Gasteiger partial charge is 0.493 e. The molecule has 1 saturated heterocycles. The average molecular weight is 350 g/mol. The van der Waals surface area contributed by atoms with Crippen LogP contribution in [0.5, 0.6) is 11.5 Å². The normalized spacial score (nSPS) is 20.0. The van der Waals surface area contributed by atoms with Crippen LogP contribution in [0.2, 0.25) is 0 Å². The number of likely N-dealkylation sites (tertiary alicyclic amines) is 1. The Morgan fingerprint density at radius 3 is 2.40 bits per heavy atom. The molecule has 1 aliphatic heterocycles. The third kappa shape index (κ3) is 5.09. The molecule has 3 N–H and O–H groups in total. The lowest BCUT2D eigenvalue weighted by molar-refractivity contribution is -0.898. The van der Waals surface area contributed by atoms with E-state index in [1.165, 1.54) is 4.90 Å². The minimum absolute atomic E-state index is 0.0386. The number of nitrogens with zero attached hydrogens (tertiary/aromatic N) is 1. The van der Waals surface area contributed by atoms with Crippen molar-refractivity contribution in [3.05, 3.63) is 23.8 Å². The summed E-state index contributed by atoms with van der Waals surface area (Å²) >= 11 is 0. The molecule has 1 heterocycles. The molecular formula is C18H28N3O4+. The zero-order valence-electron chi connectivity index (χ0n) is 15.2. The first kappa shape index (κ1) is 19.1. The van der Waals surface area contributed by atoms with Crippen LogP contribution in [0.4, 0.5) is 0 Å². The molecule has 2 rings (SSSR count). The SMILES string of the molecule is COc1ccc(CN(C)C(=O)C[NH+]2CCC(C(N)=O)CC2)cc1OC. The first-order valence-corrected chi connectivity index (χ1v) is 8.52. The van der Waals surface area contributed by atoms with Gasteiger partial charge in [-0.05, 0) is 17.7 Å². The number of nitrogens with one attached hydrogen (secondary N) is 1. The van der Waals surface area contributed by atoms with Gasteiger partial charge in [0.05, 0.1) is 27.3 Å². The molecule has 0 spiro atoms. The van der Waals surface area contributed by atoms with Crippen molar-refractivity contribution >= 4 is 11.8 Å². The van der Waals surface area contributed by atoms with Crippen molar-refractivity contribution in [3.63, 3.8) is 0 Å². The summed E-state index contributed by atoms with van der Waals surface area (Å²) in [5.41, 5.74) is 6.33. The number of likely N-dealkylation sites (N-methyl/N-ethyl adjacent to an activating group) is 1. The highest BCUT2D eigenvalue weighted by molar-refractivity contribution is 5.77. The molecule has 1 aromatic carbocycles.